The first kappa shape index (κ1) is 5.88. The summed E-state index contributed by atoms with van der Waals surface area (Å²) in [6.07, 6.45) is 3.41. The van der Waals surface area contributed by atoms with E-state index in [0.29, 0.717) is 12.3 Å². The van der Waals surface area contributed by atoms with Crippen molar-refractivity contribution >= 4 is 0 Å². The first-order chi connectivity index (χ1) is 4.33. The fraction of sp³-hybridized carbons (Fsp3) is 0.167. The van der Waals surface area contributed by atoms with Crippen molar-refractivity contribution in [2.75, 3.05) is 0 Å². The Hall–Kier alpha value is -1.25. The molecule has 1 rings (SSSR count). The van der Waals surface area contributed by atoms with Crippen LogP contribution in [0, 0.1) is 0 Å². The van der Waals surface area contributed by atoms with Crippen LogP contribution >= 0.6 is 0 Å². The van der Waals surface area contributed by atoms with Crippen LogP contribution in [0.3, 0.4) is 0 Å². The lowest BCUT2D eigenvalue weighted by atomic mass is 10.4. The van der Waals surface area contributed by atoms with Gasteiger partial charge in [-0.1, -0.05) is 6.08 Å². The molecule has 0 aromatic carbocycles. The van der Waals surface area contributed by atoms with E-state index in [1.807, 2.05) is 0 Å². The van der Waals surface area contributed by atoms with Crippen LogP contribution < -0.4 is 0 Å². The van der Waals surface area contributed by atoms with Crippen molar-refractivity contribution in [3.05, 3.63) is 24.8 Å². The molecule has 3 heteroatoms. The second kappa shape index (κ2) is 2.35. The van der Waals surface area contributed by atoms with E-state index in [1.54, 1.807) is 6.08 Å². The van der Waals surface area contributed by atoms with Gasteiger partial charge in [0, 0.05) is 6.42 Å². The molecule has 1 heterocycles. The molecule has 9 heavy (non-hydrogen) atoms. The molecule has 0 spiro atoms. The number of oxazole rings is 1. The normalized spacial score (nSPS) is 9.33. The minimum atomic E-state index is -0.0770. The smallest absolute Gasteiger partial charge is 0.250 e. The molecule has 1 aromatic heterocycles. The van der Waals surface area contributed by atoms with Crippen LogP contribution in [-0.2, 0) is 6.42 Å². The molecule has 0 aliphatic carbocycles. The van der Waals surface area contributed by atoms with Gasteiger partial charge in [-0.2, -0.15) is 4.98 Å². The minimum absolute atomic E-state index is 0.0770. The van der Waals surface area contributed by atoms with Crippen LogP contribution in [0.2, 0.25) is 0 Å². The number of aromatic hydroxyl groups is 1. The van der Waals surface area contributed by atoms with Crippen molar-refractivity contribution in [3.8, 4) is 5.88 Å². The molecule has 3 nitrogen and oxygen atoms in total. The maximum Gasteiger partial charge on any atom is 0.250 e. The van der Waals surface area contributed by atoms with E-state index in [2.05, 4.69) is 11.6 Å². The van der Waals surface area contributed by atoms with Crippen molar-refractivity contribution in [2.24, 2.45) is 0 Å². The summed E-state index contributed by atoms with van der Waals surface area (Å²) in [5.41, 5.74) is 0. The quantitative estimate of drug-likeness (QED) is 0.602. The summed E-state index contributed by atoms with van der Waals surface area (Å²) < 4.78 is 4.77. The molecule has 0 aliphatic heterocycles. The van der Waals surface area contributed by atoms with Gasteiger partial charge in [-0.15, -0.1) is 6.58 Å². The molecule has 1 N–H and O–H groups in total. The van der Waals surface area contributed by atoms with Crippen LogP contribution in [0.25, 0.3) is 0 Å². The number of hydrogen-bond acceptors (Lipinski definition) is 3. The summed E-state index contributed by atoms with van der Waals surface area (Å²) in [7, 11) is 0. The fourth-order valence-electron chi connectivity index (χ4n) is 0.518. The second-order valence-corrected chi connectivity index (χ2v) is 1.59. The number of aromatic nitrogens is 1. The van der Waals surface area contributed by atoms with Crippen molar-refractivity contribution in [3.63, 3.8) is 0 Å². The van der Waals surface area contributed by atoms with Crippen molar-refractivity contribution in [1.82, 2.24) is 4.98 Å². The highest BCUT2D eigenvalue weighted by molar-refractivity contribution is 5.01. The number of rotatable bonds is 2. The number of allylic oxidation sites excluding steroid dienone is 1. The topological polar surface area (TPSA) is 46.3 Å². The highest BCUT2D eigenvalue weighted by Gasteiger charge is 1.96. The van der Waals surface area contributed by atoms with Gasteiger partial charge in [0.05, 0.1) is 0 Å². The predicted octanol–water partition coefficient (Wildman–Crippen LogP) is 1.11. The Labute approximate surface area is 52.6 Å². The lowest BCUT2D eigenvalue weighted by Gasteiger charge is -1.80. The zero-order valence-electron chi connectivity index (χ0n) is 4.87. The molecule has 1 aromatic rings. The van der Waals surface area contributed by atoms with Gasteiger partial charge in [0.1, 0.15) is 0 Å². The first-order valence-electron chi connectivity index (χ1n) is 2.57. The van der Waals surface area contributed by atoms with Gasteiger partial charge in [-0.25, -0.2) is 0 Å². The summed E-state index contributed by atoms with van der Waals surface area (Å²) >= 11 is 0. The largest absolute Gasteiger partial charge is 0.491 e. The van der Waals surface area contributed by atoms with E-state index in [9.17, 15) is 0 Å². The van der Waals surface area contributed by atoms with Gasteiger partial charge < -0.3 is 9.52 Å². The number of nitrogens with zero attached hydrogens (tertiary/aromatic N) is 1. The highest BCUT2D eigenvalue weighted by Crippen LogP contribution is 2.07. The standard InChI is InChI=1S/C6H7NO2/c1-2-3-6-7-5(8)4-9-6/h2,4,8H,1,3H2. The molecule has 0 unspecified atom stereocenters. The monoisotopic (exact) mass is 125 g/mol. The van der Waals surface area contributed by atoms with E-state index in [1.165, 1.54) is 6.26 Å². The maximum atomic E-state index is 8.64. The van der Waals surface area contributed by atoms with Crippen molar-refractivity contribution < 1.29 is 9.52 Å². The Balaban J connectivity index is 2.72. The molecule has 0 atom stereocenters. The third-order valence-electron chi connectivity index (χ3n) is 0.859. The zero-order valence-corrected chi connectivity index (χ0v) is 4.87. The summed E-state index contributed by atoms with van der Waals surface area (Å²) in [6, 6.07) is 0. The Kier molecular flexibility index (Phi) is 1.53. The summed E-state index contributed by atoms with van der Waals surface area (Å²) in [5.74, 6) is 0.411. The molecule has 0 saturated carbocycles. The molecule has 0 bridgehead atoms. The summed E-state index contributed by atoms with van der Waals surface area (Å²) in [6.45, 7) is 3.48. The van der Waals surface area contributed by atoms with E-state index < -0.39 is 0 Å². The van der Waals surface area contributed by atoms with Gasteiger partial charge in [-0.05, 0) is 0 Å². The fourth-order valence-corrected chi connectivity index (χ4v) is 0.518. The molecule has 0 radical (unpaired) electrons. The zero-order chi connectivity index (χ0) is 6.69. The van der Waals surface area contributed by atoms with Crippen molar-refractivity contribution in [1.29, 1.82) is 0 Å². The summed E-state index contributed by atoms with van der Waals surface area (Å²) in [4.78, 5) is 3.62. The van der Waals surface area contributed by atoms with Crippen LogP contribution in [0.5, 0.6) is 5.88 Å². The molecule has 0 fully saturated rings. The van der Waals surface area contributed by atoms with Gasteiger partial charge in [0.2, 0.25) is 11.8 Å². The lowest BCUT2D eigenvalue weighted by molar-refractivity contribution is 0.447. The van der Waals surface area contributed by atoms with E-state index in [4.69, 9.17) is 9.52 Å². The van der Waals surface area contributed by atoms with Crippen LogP contribution in [0.4, 0.5) is 0 Å². The molecule has 0 aliphatic rings. The summed E-state index contributed by atoms with van der Waals surface area (Å²) in [5, 5.41) is 8.64. The van der Waals surface area contributed by atoms with Gasteiger partial charge in [0.25, 0.3) is 0 Å². The van der Waals surface area contributed by atoms with E-state index in [-0.39, 0.29) is 5.88 Å². The van der Waals surface area contributed by atoms with Gasteiger partial charge in [0.15, 0.2) is 6.26 Å². The average molecular weight is 125 g/mol. The number of hydrogen-bond donors (Lipinski definition) is 1. The highest BCUT2D eigenvalue weighted by atomic mass is 16.4. The predicted molar refractivity (Wildman–Crippen MR) is 32.1 cm³/mol. The SMILES string of the molecule is C=CCc1nc(O)co1. The molecule has 0 saturated heterocycles. The Bertz CT molecular complexity index is 205. The lowest BCUT2D eigenvalue weighted by Crippen LogP contribution is -1.76. The minimum Gasteiger partial charge on any atom is -0.491 e. The van der Waals surface area contributed by atoms with Gasteiger partial charge >= 0.3 is 0 Å². The third kappa shape index (κ3) is 1.32. The third-order valence-corrected chi connectivity index (χ3v) is 0.859. The van der Waals surface area contributed by atoms with Gasteiger partial charge in [-0.3, -0.25) is 0 Å². The second-order valence-electron chi connectivity index (χ2n) is 1.59. The maximum absolute atomic E-state index is 8.64. The molecular formula is C6H7NO2. The molecule has 48 valence electrons. The average Bonchev–Trinajstić information content (AvgIpc) is 2.17. The van der Waals surface area contributed by atoms with Crippen LogP contribution in [0.15, 0.2) is 23.3 Å². The molecular weight excluding hydrogens is 118 g/mol. The Morgan fingerprint density at radius 1 is 1.89 bits per heavy atom. The molecule has 0 amide bonds. The van der Waals surface area contributed by atoms with Crippen LogP contribution in [0.1, 0.15) is 5.89 Å². The van der Waals surface area contributed by atoms with Crippen LogP contribution in [-0.4, -0.2) is 10.1 Å². The Morgan fingerprint density at radius 2 is 2.67 bits per heavy atom. The van der Waals surface area contributed by atoms with E-state index in [0.717, 1.165) is 0 Å². The Morgan fingerprint density at radius 3 is 3.11 bits per heavy atom. The van der Waals surface area contributed by atoms with E-state index >= 15 is 0 Å². The van der Waals surface area contributed by atoms with Crippen molar-refractivity contribution in [2.45, 2.75) is 6.42 Å². The first-order valence-corrected chi connectivity index (χ1v) is 2.57.